The van der Waals surface area contributed by atoms with Crippen molar-refractivity contribution in [3.05, 3.63) is 52.8 Å². The predicted molar refractivity (Wildman–Crippen MR) is 96.2 cm³/mol. The number of nitrogens with zero attached hydrogens (tertiary/aromatic N) is 2. The van der Waals surface area contributed by atoms with E-state index in [1.54, 1.807) is 0 Å². The largest absolute Gasteiger partial charge is 0.352 e. The highest BCUT2D eigenvalue weighted by atomic mass is 16.1. The van der Waals surface area contributed by atoms with Gasteiger partial charge in [0.1, 0.15) is 0 Å². The fourth-order valence-electron chi connectivity index (χ4n) is 3.65. The van der Waals surface area contributed by atoms with Gasteiger partial charge in [-0.25, -0.2) is 0 Å². The summed E-state index contributed by atoms with van der Waals surface area (Å²) in [5.41, 5.74) is 3.68. The minimum absolute atomic E-state index is 0.0230. The first-order valence-corrected chi connectivity index (χ1v) is 9.01. The monoisotopic (exact) mass is 325 g/mol. The van der Waals surface area contributed by atoms with Gasteiger partial charge < -0.3 is 5.32 Å². The Bertz CT molecular complexity index is 684. The number of carbonyl (C=O) groups is 1. The van der Waals surface area contributed by atoms with Crippen molar-refractivity contribution in [3.8, 4) is 0 Å². The standard InChI is InChI=1S/C20H27N3O/c1-15-19(20(24)21-13-17-9-5-3-6-10-17)16(2)23(22-15)14-18-11-7-4-8-12-18/h4,7-8,11-12,17H,3,5-6,9-10,13-14H2,1-2H3,(H,21,24). The molecule has 4 nitrogen and oxygen atoms in total. The summed E-state index contributed by atoms with van der Waals surface area (Å²) in [5.74, 6) is 0.664. The van der Waals surface area contributed by atoms with E-state index >= 15 is 0 Å². The number of carbonyl (C=O) groups excluding carboxylic acids is 1. The molecule has 1 aromatic heterocycles. The molecule has 0 atom stereocenters. The van der Waals surface area contributed by atoms with E-state index in [9.17, 15) is 4.79 Å². The molecule has 1 aromatic carbocycles. The maximum Gasteiger partial charge on any atom is 0.255 e. The maximum atomic E-state index is 12.6. The van der Waals surface area contributed by atoms with Crippen molar-refractivity contribution in [1.29, 1.82) is 0 Å². The highest BCUT2D eigenvalue weighted by Gasteiger charge is 2.20. The summed E-state index contributed by atoms with van der Waals surface area (Å²) >= 11 is 0. The summed E-state index contributed by atoms with van der Waals surface area (Å²) in [7, 11) is 0. The molecule has 1 saturated carbocycles. The number of aryl methyl sites for hydroxylation is 1. The first kappa shape index (κ1) is 16.7. The molecule has 3 rings (SSSR count). The van der Waals surface area contributed by atoms with Crippen LogP contribution in [0.3, 0.4) is 0 Å². The van der Waals surface area contributed by atoms with Crippen molar-refractivity contribution in [3.63, 3.8) is 0 Å². The van der Waals surface area contributed by atoms with Crippen LogP contribution >= 0.6 is 0 Å². The summed E-state index contributed by atoms with van der Waals surface area (Å²) in [6.45, 7) is 5.40. The van der Waals surface area contributed by atoms with Crippen LogP contribution in [-0.2, 0) is 6.54 Å². The van der Waals surface area contributed by atoms with E-state index in [1.165, 1.54) is 37.7 Å². The Balaban J connectivity index is 1.67. The second kappa shape index (κ2) is 7.65. The number of nitrogens with one attached hydrogen (secondary N) is 1. The molecule has 24 heavy (non-hydrogen) atoms. The summed E-state index contributed by atoms with van der Waals surface area (Å²) in [6.07, 6.45) is 6.42. The summed E-state index contributed by atoms with van der Waals surface area (Å²) in [6, 6.07) is 10.2. The van der Waals surface area contributed by atoms with Crippen molar-refractivity contribution in [2.75, 3.05) is 6.54 Å². The molecule has 0 bridgehead atoms. The number of rotatable bonds is 5. The van der Waals surface area contributed by atoms with Crippen LogP contribution in [0.15, 0.2) is 30.3 Å². The Morgan fingerprint density at radius 2 is 1.88 bits per heavy atom. The van der Waals surface area contributed by atoms with Gasteiger partial charge in [-0.3, -0.25) is 9.48 Å². The van der Waals surface area contributed by atoms with Gasteiger partial charge in [0.2, 0.25) is 0 Å². The highest BCUT2D eigenvalue weighted by Crippen LogP contribution is 2.23. The molecule has 0 aliphatic heterocycles. The molecule has 0 spiro atoms. The topological polar surface area (TPSA) is 46.9 Å². The molecule has 1 N–H and O–H groups in total. The van der Waals surface area contributed by atoms with Gasteiger partial charge in [0.25, 0.3) is 5.91 Å². The molecule has 0 radical (unpaired) electrons. The lowest BCUT2D eigenvalue weighted by Crippen LogP contribution is -2.31. The van der Waals surface area contributed by atoms with E-state index in [0.29, 0.717) is 12.5 Å². The zero-order chi connectivity index (χ0) is 16.9. The Hall–Kier alpha value is -2.10. The molecule has 128 valence electrons. The maximum absolute atomic E-state index is 12.6. The second-order valence-corrected chi connectivity index (χ2v) is 6.90. The third kappa shape index (κ3) is 3.86. The summed E-state index contributed by atoms with van der Waals surface area (Å²) in [4.78, 5) is 12.6. The van der Waals surface area contributed by atoms with E-state index in [2.05, 4.69) is 22.5 Å². The fraction of sp³-hybridized carbons (Fsp3) is 0.500. The van der Waals surface area contributed by atoms with Gasteiger partial charge in [-0.05, 0) is 38.2 Å². The van der Waals surface area contributed by atoms with Gasteiger partial charge >= 0.3 is 0 Å². The first-order chi connectivity index (χ1) is 11.6. The summed E-state index contributed by atoms with van der Waals surface area (Å²) < 4.78 is 1.93. The molecular formula is C20H27N3O. The van der Waals surface area contributed by atoms with Crippen LogP contribution in [0.2, 0.25) is 0 Å². The average Bonchev–Trinajstić information content (AvgIpc) is 2.88. The Kier molecular flexibility index (Phi) is 5.34. The highest BCUT2D eigenvalue weighted by molar-refractivity contribution is 5.96. The van der Waals surface area contributed by atoms with Crippen molar-refractivity contribution in [1.82, 2.24) is 15.1 Å². The molecule has 1 fully saturated rings. The van der Waals surface area contributed by atoms with Gasteiger partial charge in [-0.1, -0.05) is 49.6 Å². The first-order valence-electron chi connectivity index (χ1n) is 9.01. The predicted octanol–water partition coefficient (Wildman–Crippen LogP) is 3.86. The Morgan fingerprint density at radius 3 is 2.58 bits per heavy atom. The molecule has 2 aromatic rings. The SMILES string of the molecule is Cc1nn(Cc2ccccc2)c(C)c1C(=O)NCC1CCCCC1. The number of hydrogen-bond acceptors (Lipinski definition) is 2. The number of hydrogen-bond donors (Lipinski definition) is 1. The molecule has 0 unspecified atom stereocenters. The number of amides is 1. The minimum atomic E-state index is 0.0230. The molecular weight excluding hydrogens is 298 g/mol. The molecule has 1 aliphatic rings. The zero-order valence-corrected chi connectivity index (χ0v) is 14.7. The van der Waals surface area contributed by atoms with Crippen LogP contribution < -0.4 is 5.32 Å². The van der Waals surface area contributed by atoms with Crippen molar-refractivity contribution in [2.45, 2.75) is 52.5 Å². The van der Waals surface area contributed by atoms with Crippen molar-refractivity contribution < 1.29 is 4.79 Å². The lowest BCUT2D eigenvalue weighted by atomic mass is 9.89. The Morgan fingerprint density at radius 1 is 1.17 bits per heavy atom. The van der Waals surface area contributed by atoms with E-state index < -0.39 is 0 Å². The van der Waals surface area contributed by atoms with Crippen LogP contribution in [0.4, 0.5) is 0 Å². The normalized spacial score (nSPS) is 15.4. The van der Waals surface area contributed by atoms with E-state index in [0.717, 1.165) is 23.5 Å². The van der Waals surface area contributed by atoms with E-state index in [-0.39, 0.29) is 5.91 Å². The van der Waals surface area contributed by atoms with Crippen molar-refractivity contribution >= 4 is 5.91 Å². The summed E-state index contributed by atoms with van der Waals surface area (Å²) in [5, 5.41) is 7.71. The van der Waals surface area contributed by atoms with Crippen LogP contribution in [0.25, 0.3) is 0 Å². The van der Waals surface area contributed by atoms with Gasteiger partial charge in [-0.2, -0.15) is 5.10 Å². The number of benzene rings is 1. The molecule has 1 amide bonds. The quantitative estimate of drug-likeness (QED) is 0.907. The Labute approximate surface area is 144 Å². The van der Waals surface area contributed by atoms with Crippen LogP contribution in [0.1, 0.15) is 59.4 Å². The van der Waals surface area contributed by atoms with E-state index in [1.807, 2.05) is 36.7 Å². The van der Waals surface area contributed by atoms with Crippen LogP contribution in [0, 0.1) is 19.8 Å². The van der Waals surface area contributed by atoms with Crippen LogP contribution in [0.5, 0.6) is 0 Å². The third-order valence-corrected chi connectivity index (χ3v) is 5.06. The van der Waals surface area contributed by atoms with Gasteiger partial charge in [0.05, 0.1) is 17.8 Å². The molecule has 1 heterocycles. The van der Waals surface area contributed by atoms with Crippen molar-refractivity contribution in [2.24, 2.45) is 5.92 Å². The minimum Gasteiger partial charge on any atom is -0.352 e. The number of aromatic nitrogens is 2. The lowest BCUT2D eigenvalue weighted by molar-refractivity contribution is 0.0942. The lowest BCUT2D eigenvalue weighted by Gasteiger charge is -2.21. The second-order valence-electron chi connectivity index (χ2n) is 6.90. The average molecular weight is 325 g/mol. The third-order valence-electron chi connectivity index (χ3n) is 5.06. The molecule has 4 heteroatoms. The van der Waals surface area contributed by atoms with Gasteiger partial charge in [0.15, 0.2) is 0 Å². The molecule has 1 aliphatic carbocycles. The fourth-order valence-corrected chi connectivity index (χ4v) is 3.65. The van der Waals surface area contributed by atoms with Crippen LogP contribution in [-0.4, -0.2) is 22.2 Å². The van der Waals surface area contributed by atoms with E-state index in [4.69, 9.17) is 0 Å². The van der Waals surface area contributed by atoms with Gasteiger partial charge in [0, 0.05) is 12.2 Å². The molecule has 0 saturated heterocycles. The smallest absolute Gasteiger partial charge is 0.255 e. The zero-order valence-electron chi connectivity index (χ0n) is 14.7. The van der Waals surface area contributed by atoms with Gasteiger partial charge in [-0.15, -0.1) is 0 Å².